The maximum Gasteiger partial charge on any atom is 0.214 e. The normalized spacial score (nSPS) is 18.1. The van der Waals surface area contributed by atoms with E-state index in [-0.39, 0.29) is 5.82 Å². The molecule has 1 aliphatic rings. The molecule has 22 heavy (non-hydrogen) atoms. The van der Waals surface area contributed by atoms with Gasteiger partial charge in [0.05, 0.1) is 18.5 Å². The van der Waals surface area contributed by atoms with E-state index in [1.54, 1.807) is 16.6 Å². The number of aromatic nitrogens is 3. The standard InChI is InChI=1S/C15H15FN4OS/c16-12-3-1-11(2-4-12)13-8-20-15(18-13)22-14(19-20)17-7-10-5-6-21-9-10/h1-4,8,10H,5-7,9H2,(H,17,19)/t10-/m1/s1. The summed E-state index contributed by atoms with van der Waals surface area (Å²) in [5.74, 6) is 0.316. The average Bonchev–Trinajstić information content (AvgIpc) is 3.21. The number of halogens is 1. The summed E-state index contributed by atoms with van der Waals surface area (Å²) in [6.07, 6.45) is 2.97. The van der Waals surface area contributed by atoms with E-state index in [2.05, 4.69) is 15.4 Å². The van der Waals surface area contributed by atoms with Gasteiger partial charge in [0.25, 0.3) is 0 Å². The fraction of sp³-hybridized carbons (Fsp3) is 0.333. The van der Waals surface area contributed by atoms with Crippen molar-refractivity contribution in [1.82, 2.24) is 14.6 Å². The van der Waals surface area contributed by atoms with Crippen LogP contribution in [-0.2, 0) is 4.74 Å². The van der Waals surface area contributed by atoms with Crippen LogP contribution in [0.2, 0.25) is 0 Å². The molecule has 0 aliphatic carbocycles. The summed E-state index contributed by atoms with van der Waals surface area (Å²) < 4.78 is 20.1. The minimum absolute atomic E-state index is 0.245. The van der Waals surface area contributed by atoms with E-state index in [1.807, 2.05) is 6.20 Å². The Balaban J connectivity index is 1.50. The molecule has 1 saturated heterocycles. The number of imidazole rings is 1. The van der Waals surface area contributed by atoms with Gasteiger partial charge >= 0.3 is 0 Å². The number of rotatable bonds is 4. The zero-order valence-electron chi connectivity index (χ0n) is 11.8. The molecule has 3 heterocycles. The number of anilines is 1. The van der Waals surface area contributed by atoms with Crippen LogP contribution in [0.15, 0.2) is 30.5 Å². The Morgan fingerprint density at radius 2 is 2.23 bits per heavy atom. The summed E-state index contributed by atoms with van der Waals surface area (Å²) in [6.45, 7) is 2.56. The van der Waals surface area contributed by atoms with Crippen molar-refractivity contribution >= 4 is 21.4 Å². The number of nitrogens with one attached hydrogen (secondary N) is 1. The molecule has 0 spiro atoms. The van der Waals surface area contributed by atoms with Crippen molar-refractivity contribution in [3.8, 4) is 11.3 Å². The van der Waals surface area contributed by atoms with Crippen LogP contribution >= 0.6 is 11.3 Å². The number of hydrogen-bond donors (Lipinski definition) is 1. The molecule has 0 saturated carbocycles. The van der Waals surface area contributed by atoms with E-state index in [0.29, 0.717) is 5.92 Å². The highest BCUT2D eigenvalue weighted by Crippen LogP contribution is 2.25. The number of hydrogen-bond acceptors (Lipinski definition) is 5. The minimum Gasteiger partial charge on any atom is -0.381 e. The van der Waals surface area contributed by atoms with Gasteiger partial charge in [0.2, 0.25) is 10.1 Å². The Hall–Kier alpha value is -1.99. The second-order valence-electron chi connectivity index (χ2n) is 5.38. The maximum atomic E-state index is 13.0. The fourth-order valence-corrected chi connectivity index (χ4v) is 3.30. The lowest BCUT2D eigenvalue weighted by Crippen LogP contribution is -2.13. The molecule has 0 radical (unpaired) electrons. The first-order chi connectivity index (χ1) is 10.8. The van der Waals surface area contributed by atoms with E-state index < -0.39 is 0 Å². The van der Waals surface area contributed by atoms with Gasteiger partial charge < -0.3 is 10.1 Å². The van der Waals surface area contributed by atoms with Crippen LogP contribution in [0.5, 0.6) is 0 Å². The Kier molecular flexibility index (Phi) is 3.51. The van der Waals surface area contributed by atoms with Gasteiger partial charge in [-0.15, -0.1) is 5.10 Å². The maximum absolute atomic E-state index is 13.0. The topological polar surface area (TPSA) is 51.5 Å². The molecule has 1 N–H and O–H groups in total. The zero-order valence-corrected chi connectivity index (χ0v) is 12.6. The van der Waals surface area contributed by atoms with Crippen LogP contribution in [0, 0.1) is 11.7 Å². The molecule has 5 nitrogen and oxygen atoms in total. The monoisotopic (exact) mass is 318 g/mol. The summed E-state index contributed by atoms with van der Waals surface area (Å²) in [5.41, 5.74) is 1.69. The molecule has 0 bridgehead atoms. The van der Waals surface area contributed by atoms with E-state index in [1.165, 1.54) is 23.5 Å². The summed E-state index contributed by atoms with van der Waals surface area (Å²) in [7, 11) is 0. The van der Waals surface area contributed by atoms with Crippen molar-refractivity contribution in [2.24, 2.45) is 5.92 Å². The molecular weight excluding hydrogens is 303 g/mol. The van der Waals surface area contributed by atoms with Gasteiger partial charge in [0, 0.05) is 24.6 Å². The van der Waals surface area contributed by atoms with Gasteiger partial charge in [-0.25, -0.2) is 13.9 Å². The Labute approximate surface area is 130 Å². The first kappa shape index (κ1) is 13.7. The van der Waals surface area contributed by atoms with Crippen LogP contribution in [0.4, 0.5) is 9.52 Å². The SMILES string of the molecule is Fc1ccc(-c2cn3nc(NC[C@H]4CCOC4)sc3n2)cc1. The summed E-state index contributed by atoms with van der Waals surface area (Å²) >= 11 is 1.51. The van der Waals surface area contributed by atoms with E-state index in [0.717, 1.165) is 47.5 Å². The van der Waals surface area contributed by atoms with E-state index >= 15 is 0 Å². The largest absolute Gasteiger partial charge is 0.381 e. The van der Waals surface area contributed by atoms with Gasteiger partial charge in [-0.2, -0.15) is 0 Å². The predicted octanol–water partition coefficient (Wildman–Crippen LogP) is 3.05. The van der Waals surface area contributed by atoms with E-state index in [4.69, 9.17) is 4.74 Å². The van der Waals surface area contributed by atoms with Gasteiger partial charge in [-0.1, -0.05) is 11.3 Å². The van der Waals surface area contributed by atoms with Crippen LogP contribution in [-0.4, -0.2) is 34.4 Å². The molecule has 1 aromatic carbocycles. The molecule has 0 unspecified atom stereocenters. The quantitative estimate of drug-likeness (QED) is 0.803. The Bertz CT molecular complexity index is 745. The first-order valence-corrected chi connectivity index (χ1v) is 8.03. The highest BCUT2D eigenvalue weighted by Gasteiger charge is 2.16. The van der Waals surface area contributed by atoms with Gasteiger partial charge in [-0.3, -0.25) is 0 Å². The van der Waals surface area contributed by atoms with Crippen molar-refractivity contribution in [2.75, 3.05) is 25.1 Å². The predicted molar refractivity (Wildman–Crippen MR) is 83.7 cm³/mol. The molecule has 3 aromatic rings. The van der Waals surface area contributed by atoms with Crippen molar-refractivity contribution in [2.45, 2.75) is 6.42 Å². The van der Waals surface area contributed by atoms with Gasteiger partial charge in [0.15, 0.2) is 0 Å². The lowest BCUT2D eigenvalue weighted by Gasteiger charge is -2.06. The summed E-state index contributed by atoms with van der Waals surface area (Å²) in [5, 5.41) is 8.69. The van der Waals surface area contributed by atoms with Crippen LogP contribution < -0.4 is 5.32 Å². The molecule has 1 fully saturated rings. The fourth-order valence-electron chi connectivity index (χ4n) is 2.51. The highest BCUT2D eigenvalue weighted by molar-refractivity contribution is 7.20. The molecule has 2 aromatic heterocycles. The molecule has 1 atom stereocenters. The second-order valence-corrected chi connectivity index (χ2v) is 6.33. The molecular formula is C15H15FN4OS. The van der Waals surface area contributed by atoms with Gasteiger partial charge in [-0.05, 0) is 30.7 Å². The Morgan fingerprint density at radius 1 is 1.36 bits per heavy atom. The first-order valence-electron chi connectivity index (χ1n) is 7.22. The third-order valence-electron chi connectivity index (χ3n) is 3.75. The third-order valence-corrected chi connectivity index (χ3v) is 4.63. The lowest BCUT2D eigenvalue weighted by molar-refractivity contribution is 0.187. The number of ether oxygens (including phenoxy) is 1. The summed E-state index contributed by atoms with van der Waals surface area (Å²) in [6, 6.07) is 6.32. The highest BCUT2D eigenvalue weighted by atomic mass is 32.1. The van der Waals surface area contributed by atoms with E-state index in [9.17, 15) is 4.39 Å². The minimum atomic E-state index is -0.245. The van der Waals surface area contributed by atoms with Crippen LogP contribution in [0.3, 0.4) is 0 Å². The van der Waals surface area contributed by atoms with Crippen molar-refractivity contribution in [1.29, 1.82) is 0 Å². The number of fused-ring (bicyclic) bond motifs is 1. The number of nitrogens with zero attached hydrogens (tertiary/aromatic N) is 3. The molecule has 7 heteroatoms. The number of benzene rings is 1. The molecule has 4 rings (SSSR count). The molecule has 0 amide bonds. The second kappa shape index (κ2) is 5.66. The summed E-state index contributed by atoms with van der Waals surface area (Å²) in [4.78, 5) is 5.37. The average molecular weight is 318 g/mol. The lowest BCUT2D eigenvalue weighted by atomic mass is 10.1. The van der Waals surface area contributed by atoms with Crippen molar-refractivity contribution in [3.63, 3.8) is 0 Å². The van der Waals surface area contributed by atoms with Crippen molar-refractivity contribution < 1.29 is 9.13 Å². The molecule has 1 aliphatic heterocycles. The van der Waals surface area contributed by atoms with Crippen LogP contribution in [0.25, 0.3) is 16.2 Å². The smallest absolute Gasteiger partial charge is 0.214 e. The van der Waals surface area contributed by atoms with Gasteiger partial charge in [0.1, 0.15) is 5.82 Å². The third kappa shape index (κ3) is 2.69. The molecule has 114 valence electrons. The zero-order chi connectivity index (χ0) is 14.9. The Morgan fingerprint density at radius 3 is 2.95 bits per heavy atom. The van der Waals surface area contributed by atoms with Crippen LogP contribution in [0.1, 0.15) is 6.42 Å². The van der Waals surface area contributed by atoms with Crippen molar-refractivity contribution in [3.05, 3.63) is 36.3 Å².